The van der Waals surface area contributed by atoms with Gasteiger partial charge in [-0.05, 0) is 46.5 Å². The molecule has 0 radical (unpaired) electrons. The highest BCUT2D eigenvalue weighted by atomic mass is 16.6. The molecule has 96 valence electrons. The maximum Gasteiger partial charge on any atom is 0.411 e. The molecule has 4 heteroatoms. The Hall–Kier alpha value is -1.06. The predicted octanol–water partition coefficient (Wildman–Crippen LogP) is 2.51. The first-order valence-electron chi connectivity index (χ1n) is 6.39. The number of piperidine rings is 1. The summed E-state index contributed by atoms with van der Waals surface area (Å²) in [6, 6.07) is 0. The second kappa shape index (κ2) is 4.00. The Morgan fingerprint density at radius 3 is 2.41 bits per heavy atom. The van der Waals surface area contributed by atoms with Crippen LogP contribution >= 0.6 is 0 Å². The molecule has 0 atom stereocenters. The lowest BCUT2D eigenvalue weighted by Gasteiger charge is -2.51. The van der Waals surface area contributed by atoms with Crippen LogP contribution in [-0.4, -0.2) is 34.5 Å². The number of nitrogens with zero attached hydrogens (tertiary/aromatic N) is 1. The minimum Gasteiger partial charge on any atom is -0.444 e. The van der Waals surface area contributed by atoms with Crippen LogP contribution in [0.3, 0.4) is 0 Å². The Morgan fingerprint density at radius 1 is 1.29 bits per heavy atom. The van der Waals surface area contributed by atoms with Crippen LogP contribution < -0.4 is 0 Å². The van der Waals surface area contributed by atoms with Crippen molar-refractivity contribution in [1.82, 2.24) is 4.90 Å². The average molecular weight is 239 g/mol. The van der Waals surface area contributed by atoms with Crippen molar-refractivity contribution < 1.29 is 14.3 Å². The molecule has 2 rings (SSSR count). The lowest BCUT2D eigenvalue weighted by atomic mass is 9.69. The van der Waals surface area contributed by atoms with Crippen LogP contribution in [0.2, 0.25) is 0 Å². The summed E-state index contributed by atoms with van der Waals surface area (Å²) >= 11 is 0. The fraction of sp³-hybridized carbons (Fsp3) is 0.846. The molecule has 2 fully saturated rings. The van der Waals surface area contributed by atoms with Gasteiger partial charge in [-0.2, -0.15) is 0 Å². The van der Waals surface area contributed by atoms with Crippen LogP contribution in [0.1, 0.15) is 52.9 Å². The van der Waals surface area contributed by atoms with Gasteiger partial charge in [-0.3, -0.25) is 9.69 Å². The van der Waals surface area contributed by atoms with Gasteiger partial charge in [-0.1, -0.05) is 0 Å². The number of hydrogen-bond donors (Lipinski definition) is 0. The van der Waals surface area contributed by atoms with Crippen LogP contribution in [0.15, 0.2) is 0 Å². The summed E-state index contributed by atoms with van der Waals surface area (Å²) in [7, 11) is 0. The summed E-state index contributed by atoms with van der Waals surface area (Å²) < 4.78 is 5.39. The fourth-order valence-electron chi connectivity index (χ4n) is 2.64. The van der Waals surface area contributed by atoms with Gasteiger partial charge < -0.3 is 4.74 Å². The molecular weight excluding hydrogens is 218 g/mol. The van der Waals surface area contributed by atoms with Crippen LogP contribution in [0, 0.1) is 0 Å². The van der Waals surface area contributed by atoms with Gasteiger partial charge in [0.1, 0.15) is 11.1 Å². The Labute approximate surface area is 102 Å². The second-order valence-corrected chi connectivity index (χ2v) is 6.04. The van der Waals surface area contributed by atoms with Gasteiger partial charge in [-0.15, -0.1) is 0 Å². The largest absolute Gasteiger partial charge is 0.444 e. The lowest BCUT2D eigenvalue weighted by Crippen LogP contribution is -2.64. The van der Waals surface area contributed by atoms with Crippen molar-refractivity contribution in [3.8, 4) is 0 Å². The number of hydrogen-bond acceptors (Lipinski definition) is 3. The van der Waals surface area contributed by atoms with Crippen LogP contribution in [0.25, 0.3) is 0 Å². The van der Waals surface area contributed by atoms with Crippen LogP contribution in [0.4, 0.5) is 4.79 Å². The highest BCUT2D eigenvalue weighted by molar-refractivity contribution is 5.93. The van der Waals surface area contributed by atoms with Gasteiger partial charge in [0.05, 0.1) is 0 Å². The van der Waals surface area contributed by atoms with Crippen molar-refractivity contribution in [3.63, 3.8) is 0 Å². The third kappa shape index (κ3) is 2.17. The third-order valence-electron chi connectivity index (χ3n) is 3.62. The number of ether oxygens (including phenoxy) is 1. The van der Waals surface area contributed by atoms with E-state index >= 15 is 0 Å². The summed E-state index contributed by atoms with van der Waals surface area (Å²) in [5.41, 5.74) is -1.01. The van der Waals surface area contributed by atoms with E-state index < -0.39 is 11.1 Å². The zero-order chi connectivity index (χ0) is 12.7. The number of rotatable bonds is 0. The summed E-state index contributed by atoms with van der Waals surface area (Å²) in [6.07, 6.45) is 3.70. The van der Waals surface area contributed by atoms with Crippen molar-refractivity contribution in [3.05, 3.63) is 0 Å². The number of likely N-dealkylation sites (tertiary alicyclic amines) is 1. The fourth-order valence-corrected chi connectivity index (χ4v) is 2.64. The average Bonchev–Trinajstić information content (AvgIpc) is 2.11. The predicted molar refractivity (Wildman–Crippen MR) is 63.8 cm³/mol. The normalized spacial score (nSPS) is 23.5. The molecule has 1 heterocycles. The molecule has 17 heavy (non-hydrogen) atoms. The molecule has 0 aromatic rings. The van der Waals surface area contributed by atoms with Gasteiger partial charge in [-0.25, -0.2) is 4.79 Å². The van der Waals surface area contributed by atoms with Crippen LogP contribution in [-0.2, 0) is 9.53 Å². The number of carbonyl (C=O) groups is 2. The van der Waals surface area contributed by atoms with Crippen LogP contribution in [0.5, 0.6) is 0 Å². The van der Waals surface area contributed by atoms with Crippen molar-refractivity contribution in [2.24, 2.45) is 0 Å². The Morgan fingerprint density at radius 2 is 1.94 bits per heavy atom. The molecule has 0 N–H and O–H groups in total. The molecule has 0 aromatic heterocycles. The Balaban J connectivity index is 2.13. The molecule has 2 aliphatic rings. The van der Waals surface area contributed by atoms with E-state index in [9.17, 15) is 9.59 Å². The monoisotopic (exact) mass is 239 g/mol. The standard InChI is InChI=1S/C13H21NO3/c1-12(2,3)17-11(16)14-9-4-6-10(15)13(14)7-5-8-13/h4-9H2,1-3H3. The van der Waals surface area contributed by atoms with E-state index in [4.69, 9.17) is 4.74 Å². The molecule has 4 nitrogen and oxygen atoms in total. The zero-order valence-electron chi connectivity index (χ0n) is 10.9. The van der Waals surface area contributed by atoms with E-state index in [-0.39, 0.29) is 11.9 Å². The summed E-state index contributed by atoms with van der Waals surface area (Å²) in [6.45, 7) is 6.21. The SMILES string of the molecule is CC(C)(C)OC(=O)N1CCCC(=O)C12CCC2. The molecule has 0 unspecified atom stereocenters. The van der Waals surface area contributed by atoms with Gasteiger partial charge in [0, 0.05) is 13.0 Å². The van der Waals surface area contributed by atoms with Gasteiger partial charge in [0.2, 0.25) is 0 Å². The van der Waals surface area contributed by atoms with E-state index in [1.807, 2.05) is 20.8 Å². The highest BCUT2D eigenvalue weighted by Gasteiger charge is 2.52. The molecule has 0 aromatic carbocycles. The maximum atomic E-state index is 12.1. The van der Waals surface area contributed by atoms with Gasteiger partial charge >= 0.3 is 6.09 Å². The first-order valence-corrected chi connectivity index (χ1v) is 6.39. The summed E-state index contributed by atoms with van der Waals surface area (Å²) in [5, 5.41) is 0. The number of amides is 1. The minimum atomic E-state index is -0.513. The second-order valence-electron chi connectivity index (χ2n) is 6.04. The van der Waals surface area contributed by atoms with E-state index in [1.165, 1.54) is 0 Å². The molecule has 1 spiro atoms. The van der Waals surface area contributed by atoms with Gasteiger partial charge in [0.25, 0.3) is 0 Å². The molecule has 1 saturated carbocycles. The first kappa shape index (κ1) is 12.4. The molecule has 1 saturated heterocycles. The molecule has 1 aliphatic heterocycles. The summed E-state index contributed by atoms with van der Waals surface area (Å²) in [5.74, 6) is 0.223. The van der Waals surface area contributed by atoms with E-state index in [0.29, 0.717) is 13.0 Å². The van der Waals surface area contributed by atoms with Crippen molar-refractivity contribution >= 4 is 11.9 Å². The highest BCUT2D eigenvalue weighted by Crippen LogP contribution is 2.42. The minimum absolute atomic E-state index is 0.223. The third-order valence-corrected chi connectivity index (χ3v) is 3.62. The van der Waals surface area contributed by atoms with Crippen molar-refractivity contribution in [1.29, 1.82) is 0 Å². The number of Topliss-reactive ketones (excluding diaryl/α,β-unsaturated/α-hetero) is 1. The van der Waals surface area contributed by atoms with Crippen molar-refractivity contribution in [2.75, 3.05) is 6.54 Å². The van der Waals surface area contributed by atoms with E-state index in [1.54, 1.807) is 4.90 Å². The topological polar surface area (TPSA) is 46.6 Å². The van der Waals surface area contributed by atoms with E-state index in [2.05, 4.69) is 0 Å². The summed E-state index contributed by atoms with van der Waals surface area (Å²) in [4.78, 5) is 25.8. The Bertz CT molecular complexity index is 339. The zero-order valence-corrected chi connectivity index (χ0v) is 10.9. The van der Waals surface area contributed by atoms with Crippen molar-refractivity contribution in [2.45, 2.75) is 64.0 Å². The molecule has 1 amide bonds. The maximum absolute atomic E-state index is 12.1. The molecular formula is C13H21NO3. The van der Waals surface area contributed by atoms with E-state index in [0.717, 1.165) is 25.7 Å². The number of carbonyl (C=O) groups excluding carboxylic acids is 2. The quantitative estimate of drug-likeness (QED) is 0.652. The lowest BCUT2D eigenvalue weighted by molar-refractivity contribution is -0.141. The Kier molecular flexibility index (Phi) is 2.92. The molecule has 0 bridgehead atoms. The smallest absolute Gasteiger partial charge is 0.411 e. The van der Waals surface area contributed by atoms with Gasteiger partial charge in [0.15, 0.2) is 5.78 Å². The first-order chi connectivity index (χ1) is 7.85. The molecule has 1 aliphatic carbocycles. The number of ketones is 1.